The Hall–Kier alpha value is -3.22. The van der Waals surface area contributed by atoms with E-state index in [0.29, 0.717) is 19.4 Å². The molecule has 6 heteroatoms. The zero-order valence-corrected chi connectivity index (χ0v) is 19.3. The molecule has 5 nitrogen and oxygen atoms in total. The quantitative estimate of drug-likeness (QED) is 0.425. The molecule has 4 aromatic rings. The Morgan fingerprint density at radius 3 is 2.70 bits per heavy atom. The zero-order chi connectivity index (χ0) is 22.5. The number of hydrogen-bond acceptors (Lipinski definition) is 5. The normalized spacial score (nSPS) is 16.1. The van der Waals surface area contributed by atoms with Crippen LogP contribution in [0.4, 0.5) is 0 Å². The number of nitrogens with one attached hydrogen (secondary N) is 1. The molecule has 5 rings (SSSR count). The zero-order valence-electron chi connectivity index (χ0n) is 18.4. The van der Waals surface area contributed by atoms with Gasteiger partial charge in [-0.2, -0.15) is 0 Å². The molecular weight excluding hydrogens is 430 g/mol. The van der Waals surface area contributed by atoms with Crippen LogP contribution in [0.3, 0.4) is 0 Å². The monoisotopic (exact) mass is 457 g/mol. The summed E-state index contributed by atoms with van der Waals surface area (Å²) in [5.41, 5.74) is 3.35. The number of carbonyl (C=O) groups is 1. The number of thiazole rings is 1. The molecular formula is C27H27N3O2S. The maximum atomic E-state index is 12.4. The number of hydrogen-bond donors (Lipinski definition) is 1. The average Bonchev–Trinajstić information content (AvgIpc) is 3.17. The highest BCUT2D eigenvalue weighted by molar-refractivity contribution is 7.18. The van der Waals surface area contributed by atoms with Crippen molar-refractivity contribution in [2.75, 3.05) is 19.6 Å². The first-order valence-electron chi connectivity index (χ1n) is 11.4. The summed E-state index contributed by atoms with van der Waals surface area (Å²) in [4.78, 5) is 19.4. The lowest BCUT2D eigenvalue weighted by atomic mass is 10.1. The largest absolute Gasteiger partial charge is 0.484 e. The first-order chi connectivity index (χ1) is 16.2. The van der Waals surface area contributed by atoms with E-state index in [9.17, 15) is 4.79 Å². The topological polar surface area (TPSA) is 54.5 Å². The highest BCUT2D eigenvalue weighted by atomic mass is 32.1. The third kappa shape index (κ3) is 5.41. The number of aryl methyl sites for hydroxylation is 1. The molecule has 168 valence electrons. The van der Waals surface area contributed by atoms with Crippen LogP contribution in [0.25, 0.3) is 10.2 Å². The first-order valence-corrected chi connectivity index (χ1v) is 12.2. The highest BCUT2D eigenvalue weighted by Gasteiger charge is 2.24. The van der Waals surface area contributed by atoms with Crippen LogP contribution in [0, 0.1) is 0 Å². The Kier molecular flexibility index (Phi) is 6.65. The van der Waals surface area contributed by atoms with Crippen LogP contribution in [0.2, 0.25) is 0 Å². The Bertz CT molecular complexity index is 1190. The molecule has 0 aliphatic carbocycles. The Morgan fingerprint density at radius 2 is 1.82 bits per heavy atom. The lowest BCUT2D eigenvalue weighted by Crippen LogP contribution is -2.36. The average molecular weight is 458 g/mol. The van der Waals surface area contributed by atoms with Crippen LogP contribution in [0.1, 0.15) is 28.7 Å². The van der Waals surface area contributed by atoms with E-state index in [1.807, 2.05) is 54.6 Å². The van der Waals surface area contributed by atoms with Crippen molar-refractivity contribution in [2.45, 2.75) is 25.5 Å². The summed E-state index contributed by atoms with van der Waals surface area (Å²) < 4.78 is 7.55. The van der Waals surface area contributed by atoms with E-state index in [4.69, 9.17) is 4.74 Å². The number of carbonyl (C=O) groups excluding carboxylic acids is 1. The molecule has 0 spiro atoms. The van der Waals surface area contributed by atoms with Gasteiger partial charge in [-0.25, -0.2) is 4.98 Å². The van der Waals surface area contributed by atoms with Crippen molar-refractivity contribution in [1.82, 2.24) is 15.2 Å². The standard InChI is InChI=1S/C27H27N3O2S/c31-26(14-15-27-29-22-11-5-7-13-25(22)33-27)28-16-17-30-18-21-10-4-6-12-23(21)32-24(19-30)20-8-2-1-3-9-20/h1-13,24H,14-19H2,(H,28,31)/t24-/m0/s1. The van der Waals surface area contributed by atoms with Gasteiger partial charge in [0, 0.05) is 44.6 Å². The van der Waals surface area contributed by atoms with Gasteiger partial charge in [-0.05, 0) is 23.8 Å². The molecule has 2 heterocycles. The molecule has 33 heavy (non-hydrogen) atoms. The van der Waals surface area contributed by atoms with E-state index in [2.05, 4.69) is 39.5 Å². The number of benzene rings is 3. The number of fused-ring (bicyclic) bond motifs is 2. The molecule has 1 N–H and O–H groups in total. The maximum Gasteiger partial charge on any atom is 0.220 e. The van der Waals surface area contributed by atoms with Crippen molar-refractivity contribution in [2.24, 2.45) is 0 Å². The van der Waals surface area contributed by atoms with Gasteiger partial charge in [0.25, 0.3) is 0 Å². The highest BCUT2D eigenvalue weighted by Crippen LogP contribution is 2.30. The van der Waals surface area contributed by atoms with Crippen LogP contribution < -0.4 is 10.1 Å². The second-order valence-electron chi connectivity index (χ2n) is 8.29. The van der Waals surface area contributed by atoms with Crippen LogP contribution in [0.15, 0.2) is 78.9 Å². The van der Waals surface area contributed by atoms with Crippen LogP contribution in [-0.2, 0) is 17.8 Å². The summed E-state index contributed by atoms with van der Waals surface area (Å²) in [6, 6.07) is 26.7. The molecule has 1 atom stereocenters. The minimum atomic E-state index is -0.0374. The number of nitrogens with zero attached hydrogens (tertiary/aromatic N) is 2. The van der Waals surface area contributed by atoms with Gasteiger partial charge in [0.15, 0.2) is 0 Å². The summed E-state index contributed by atoms with van der Waals surface area (Å²) in [6.07, 6.45) is 1.09. The molecule has 3 aromatic carbocycles. The molecule has 0 saturated heterocycles. The van der Waals surface area contributed by atoms with Crippen LogP contribution in [-0.4, -0.2) is 35.4 Å². The minimum absolute atomic E-state index is 0.0374. The lowest BCUT2D eigenvalue weighted by molar-refractivity contribution is -0.121. The Morgan fingerprint density at radius 1 is 1.03 bits per heavy atom. The number of rotatable bonds is 7. The van der Waals surface area contributed by atoms with Gasteiger partial charge < -0.3 is 10.1 Å². The van der Waals surface area contributed by atoms with Crippen LogP contribution >= 0.6 is 11.3 Å². The van der Waals surface area contributed by atoms with Gasteiger partial charge in [-0.15, -0.1) is 11.3 Å². The fourth-order valence-corrected chi connectivity index (χ4v) is 5.15. The van der Waals surface area contributed by atoms with E-state index < -0.39 is 0 Å². The lowest BCUT2D eigenvalue weighted by Gasteiger charge is -2.24. The Balaban J connectivity index is 1.16. The number of para-hydroxylation sites is 2. The predicted molar refractivity (Wildman–Crippen MR) is 132 cm³/mol. The fourth-order valence-electron chi connectivity index (χ4n) is 4.18. The smallest absolute Gasteiger partial charge is 0.220 e. The number of aromatic nitrogens is 1. The van der Waals surface area contributed by atoms with Gasteiger partial charge in [0.1, 0.15) is 11.9 Å². The number of ether oxygens (including phenoxy) is 1. The molecule has 1 aromatic heterocycles. The fraction of sp³-hybridized carbons (Fsp3) is 0.259. The van der Waals surface area contributed by atoms with Crippen molar-refractivity contribution in [3.63, 3.8) is 0 Å². The van der Waals surface area contributed by atoms with Crippen molar-refractivity contribution < 1.29 is 9.53 Å². The molecule has 1 aliphatic rings. The molecule has 1 aliphatic heterocycles. The molecule has 0 saturated carbocycles. The first kappa shape index (κ1) is 21.6. The number of amides is 1. The predicted octanol–water partition coefficient (Wildman–Crippen LogP) is 4.98. The second-order valence-corrected chi connectivity index (χ2v) is 9.40. The summed E-state index contributed by atoms with van der Waals surface area (Å²) in [5, 5.41) is 4.10. The Labute approximate surface area is 198 Å². The molecule has 1 amide bonds. The van der Waals surface area contributed by atoms with E-state index in [0.717, 1.165) is 35.9 Å². The van der Waals surface area contributed by atoms with Gasteiger partial charge in [0.05, 0.1) is 15.2 Å². The van der Waals surface area contributed by atoms with Crippen molar-refractivity contribution in [1.29, 1.82) is 0 Å². The maximum absolute atomic E-state index is 12.4. The van der Waals surface area contributed by atoms with E-state index in [-0.39, 0.29) is 12.0 Å². The van der Waals surface area contributed by atoms with Gasteiger partial charge in [0.2, 0.25) is 5.91 Å². The molecule has 0 unspecified atom stereocenters. The van der Waals surface area contributed by atoms with E-state index >= 15 is 0 Å². The second kappa shape index (κ2) is 10.1. The molecule has 0 radical (unpaired) electrons. The van der Waals surface area contributed by atoms with Crippen molar-refractivity contribution in [3.8, 4) is 5.75 Å². The third-order valence-electron chi connectivity index (χ3n) is 5.89. The molecule has 0 fully saturated rings. The summed E-state index contributed by atoms with van der Waals surface area (Å²) in [6.45, 7) is 2.97. The minimum Gasteiger partial charge on any atom is -0.484 e. The summed E-state index contributed by atoms with van der Waals surface area (Å²) >= 11 is 1.67. The van der Waals surface area contributed by atoms with E-state index in [1.54, 1.807) is 11.3 Å². The third-order valence-corrected chi connectivity index (χ3v) is 6.98. The molecule has 0 bridgehead atoms. The van der Waals surface area contributed by atoms with E-state index in [1.165, 1.54) is 15.8 Å². The van der Waals surface area contributed by atoms with Gasteiger partial charge >= 0.3 is 0 Å². The summed E-state index contributed by atoms with van der Waals surface area (Å²) in [7, 11) is 0. The summed E-state index contributed by atoms with van der Waals surface area (Å²) in [5.74, 6) is 1.01. The van der Waals surface area contributed by atoms with Crippen LogP contribution in [0.5, 0.6) is 5.75 Å². The van der Waals surface area contributed by atoms with Gasteiger partial charge in [-0.1, -0.05) is 60.7 Å². The van der Waals surface area contributed by atoms with Gasteiger partial charge in [-0.3, -0.25) is 9.69 Å². The van der Waals surface area contributed by atoms with Crippen molar-refractivity contribution >= 4 is 27.5 Å². The van der Waals surface area contributed by atoms with Crippen molar-refractivity contribution in [3.05, 3.63) is 95.0 Å². The SMILES string of the molecule is O=C(CCc1nc2ccccc2s1)NCCN1Cc2ccccc2O[C@H](c2ccccc2)C1.